The van der Waals surface area contributed by atoms with Gasteiger partial charge in [0.2, 0.25) is 0 Å². The fourth-order valence-electron chi connectivity index (χ4n) is 7.44. The van der Waals surface area contributed by atoms with Gasteiger partial charge in [-0.25, -0.2) is 15.0 Å². The largest absolute Gasteiger partial charge is 0.455 e. The average Bonchev–Trinajstić information content (AvgIpc) is 3.66. The topological polar surface area (TPSA) is 51.8 Å². The number of hydrogen-bond donors (Lipinski definition) is 0. The number of para-hydroxylation sites is 1. The number of nitrogens with zero attached hydrogens (tertiary/aromatic N) is 3. The second kappa shape index (κ2) is 13.8. The van der Waals surface area contributed by atoms with Crippen molar-refractivity contribution < 1.29 is 4.42 Å². The molecule has 0 N–H and O–H groups in total. The van der Waals surface area contributed by atoms with Crippen LogP contribution >= 0.6 is 0 Å². The average molecular weight is 704 g/mol. The molecule has 2 aromatic heterocycles. The van der Waals surface area contributed by atoms with Gasteiger partial charge in [0, 0.05) is 21.9 Å². The Bertz CT molecular complexity index is 2860. The Morgan fingerprint density at radius 3 is 1.27 bits per heavy atom. The van der Waals surface area contributed by atoms with E-state index in [9.17, 15) is 0 Å². The molecule has 0 unspecified atom stereocenters. The fourth-order valence-corrected chi connectivity index (χ4v) is 7.44. The van der Waals surface area contributed by atoms with Crippen LogP contribution in [-0.4, -0.2) is 15.0 Å². The molecule has 258 valence electrons. The molecular formula is C51H33N3O. The normalized spacial score (nSPS) is 11.3. The van der Waals surface area contributed by atoms with Gasteiger partial charge in [0.05, 0.1) is 5.56 Å². The van der Waals surface area contributed by atoms with Crippen LogP contribution in [0.1, 0.15) is 0 Å². The first kappa shape index (κ1) is 32.2. The lowest BCUT2D eigenvalue weighted by Gasteiger charge is -2.11. The molecule has 2 heterocycles. The zero-order valence-electron chi connectivity index (χ0n) is 29.8. The summed E-state index contributed by atoms with van der Waals surface area (Å²) in [6.45, 7) is 0. The van der Waals surface area contributed by atoms with Gasteiger partial charge in [-0.2, -0.15) is 0 Å². The van der Waals surface area contributed by atoms with E-state index in [0.29, 0.717) is 17.5 Å². The van der Waals surface area contributed by atoms with Gasteiger partial charge >= 0.3 is 0 Å². The van der Waals surface area contributed by atoms with Gasteiger partial charge in [0.25, 0.3) is 0 Å². The van der Waals surface area contributed by atoms with Crippen molar-refractivity contribution in [3.05, 3.63) is 200 Å². The van der Waals surface area contributed by atoms with Gasteiger partial charge in [-0.05, 0) is 74.8 Å². The van der Waals surface area contributed by atoms with Crippen LogP contribution in [0.3, 0.4) is 0 Å². The van der Waals surface area contributed by atoms with Crippen molar-refractivity contribution >= 4 is 21.9 Å². The molecule has 4 nitrogen and oxygen atoms in total. The lowest BCUT2D eigenvalue weighted by Crippen LogP contribution is -2.00. The van der Waals surface area contributed by atoms with E-state index in [2.05, 4.69) is 176 Å². The molecule has 0 spiro atoms. The second-order valence-electron chi connectivity index (χ2n) is 13.6. The molecule has 0 fully saturated rings. The van der Waals surface area contributed by atoms with Crippen LogP contribution in [-0.2, 0) is 0 Å². The summed E-state index contributed by atoms with van der Waals surface area (Å²) in [5.41, 5.74) is 13.1. The maximum absolute atomic E-state index is 6.91. The first-order valence-electron chi connectivity index (χ1n) is 18.4. The summed E-state index contributed by atoms with van der Waals surface area (Å²) >= 11 is 0. The minimum absolute atomic E-state index is 0.546. The second-order valence-corrected chi connectivity index (χ2v) is 13.6. The van der Waals surface area contributed by atoms with Crippen molar-refractivity contribution in [1.82, 2.24) is 15.0 Å². The highest BCUT2D eigenvalue weighted by Crippen LogP contribution is 2.43. The number of rotatable bonds is 7. The van der Waals surface area contributed by atoms with Crippen LogP contribution < -0.4 is 0 Å². The summed E-state index contributed by atoms with van der Waals surface area (Å²) in [5, 5.41) is 2.06. The van der Waals surface area contributed by atoms with Gasteiger partial charge < -0.3 is 4.42 Å². The zero-order valence-corrected chi connectivity index (χ0v) is 29.8. The Balaban J connectivity index is 1.20. The highest BCUT2D eigenvalue weighted by Gasteiger charge is 2.21. The highest BCUT2D eigenvalue weighted by atomic mass is 16.3. The molecule has 0 aliphatic rings. The van der Waals surface area contributed by atoms with Crippen LogP contribution in [0.5, 0.6) is 0 Å². The van der Waals surface area contributed by atoms with Gasteiger partial charge in [0.1, 0.15) is 11.2 Å². The Morgan fingerprint density at radius 1 is 0.291 bits per heavy atom. The third kappa shape index (κ3) is 6.16. The van der Waals surface area contributed by atoms with E-state index in [1.165, 1.54) is 0 Å². The van der Waals surface area contributed by atoms with Gasteiger partial charge in [-0.1, -0.05) is 170 Å². The van der Waals surface area contributed by atoms with Crippen LogP contribution in [0.15, 0.2) is 205 Å². The Kier molecular flexibility index (Phi) is 8.12. The number of hydrogen-bond acceptors (Lipinski definition) is 4. The van der Waals surface area contributed by atoms with E-state index in [-0.39, 0.29) is 0 Å². The monoisotopic (exact) mass is 703 g/mol. The van der Waals surface area contributed by atoms with E-state index >= 15 is 0 Å². The molecule has 0 aliphatic carbocycles. The molecule has 0 radical (unpaired) electrons. The summed E-state index contributed by atoms with van der Waals surface area (Å²) in [6.07, 6.45) is 0. The molecule has 10 rings (SSSR count). The molecule has 0 saturated heterocycles. The van der Waals surface area contributed by atoms with Crippen molar-refractivity contribution in [2.75, 3.05) is 0 Å². The number of aromatic nitrogens is 3. The lowest BCUT2D eigenvalue weighted by molar-refractivity contribution is 0.669. The van der Waals surface area contributed by atoms with Crippen LogP contribution in [0, 0.1) is 0 Å². The maximum Gasteiger partial charge on any atom is 0.167 e. The molecule has 8 aromatic carbocycles. The predicted octanol–water partition coefficient (Wildman–Crippen LogP) is 13.4. The van der Waals surface area contributed by atoms with E-state index in [4.69, 9.17) is 19.4 Å². The van der Waals surface area contributed by atoms with Crippen LogP contribution in [0.2, 0.25) is 0 Å². The molecule has 0 amide bonds. The quantitative estimate of drug-likeness (QED) is 0.166. The van der Waals surface area contributed by atoms with Gasteiger partial charge in [-0.15, -0.1) is 0 Å². The first-order chi connectivity index (χ1) is 27.2. The smallest absolute Gasteiger partial charge is 0.167 e. The van der Waals surface area contributed by atoms with E-state index < -0.39 is 0 Å². The summed E-state index contributed by atoms with van der Waals surface area (Å²) in [5.74, 6) is 1.73. The predicted molar refractivity (Wildman–Crippen MR) is 225 cm³/mol. The van der Waals surface area contributed by atoms with Crippen molar-refractivity contribution in [1.29, 1.82) is 0 Å². The van der Waals surface area contributed by atoms with Crippen LogP contribution in [0.4, 0.5) is 0 Å². The molecule has 55 heavy (non-hydrogen) atoms. The van der Waals surface area contributed by atoms with Crippen molar-refractivity contribution in [2.45, 2.75) is 0 Å². The maximum atomic E-state index is 6.91. The summed E-state index contributed by atoms with van der Waals surface area (Å²) < 4.78 is 6.91. The van der Waals surface area contributed by atoms with Crippen molar-refractivity contribution in [3.8, 4) is 78.7 Å². The molecule has 0 saturated carbocycles. The lowest BCUT2D eigenvalue weighted by atomic mass is 9.94. The summed E-state index contributed by atoms with van der Waals surface area (Å²) in [7, 11) is 0. The molecule has 4 heteroatoms. The molecule has 10 aromatic rings. The minimum Gasteiger partial charge on any atom is -0.455 e. The third-order valence-corrected chi connectivity index (χ3v) is 10.1. The zero-order chi connectivity index (χ0) is 36.6. The number of fused-ring (bicyclic) bond motifs is 3. The van der Waals surface area contributed by atoms with Crippen molar-refractivity contribution in [3.63, 3.8) is 0 Å². The summed E-state index contributed by atoms with van der Waals surface area (Å²) in [4.78, 5) is 15.5. The Morgan fingerprint density at radius 2 is 0.727 bits per heavy atom. The first-order valence-corrected chi connectivity index (χ1v) is 18.4. The molecule has 0 aliphatic heterocycles. The van der Waals surface area contributed by atoms with Gasteiger partial charge in [-0.3, -0.25) is 0 Å². The highest BCUT2D eigenvalue weighted by molar-refractivity contribution is 6.16. The standard InChI is InChI=1S/C51H33N3O/c1-5-16-34(17-6-1)38-24-13-26-40(30-38)49-52-50(41-27-14-25-39(31-41)35-18-7-2-8-19-35)54-51(53-49)44-29-15-28-43-47-45(37-22-11-4-12-23-37)32-42(33-46(47)55-48(43)44)36-20-9-3-10-21-36/h1-33H. The number of furan rings is 1. The molecule has 0 atom stereocenters. The van der Waals surface area contributed by atoms with E-state index in [1.807, 2.05) is 24.3 Å². The Hall–Kier alpha value is -7.43. The number of benzene rings is 8. The van der Waals surface area contributed by atoms with Crippen molar-refractivity contribution in [2.24, 2.45) is 0 Å². The van der Waals surface area contributed by atoms with Gasteiger partial charge in [0.15, 0.2) is 17.5 Å². The van der Waals surface area contributed by atoms with E-state index in [0.717, 1.165) is 83.1 Å². The molecule has 0 bridgehead atoms. The Labute approximate surface area is 319 Å². The third-order valence-electron chi connectivity index (χ3n) is 10.1. The van der Waals surface area contributed by atoms with E-state index in [1.54, 1.807) is 0 Å². The fraction of sp³-hybridized carbons (Fsp3) is 0. The molecular weight excluding hydrogens is 671 g/mol. The summed E-state index contributed by atoms with van der Waals surface area (Å²) in [6, 6.07) is 69.2. The van der Waals surface area contributed by atoms with Crippen LogP contribution in [0.25, 0.3) is 101 Å². The minimum atomic E-state index is 0.546. The SMILES string of the molecule is c1ccc(-c2cccc(-c3nc(-c4cccc(-c5ccccc5)c4)nc(-c4cccc5c4oc4cc(-c6ccccc6)cc(-c6ccccc6)c45)n3)c2)cc1.